The molecule has 0 radical (unpaired) electrons. The van der Waals surface area contributed by atoms with E-state index in [1.54, 1.807) is 11.2 Å². The molecule has 106 valence electrons. The van der Waals surface area contributed by atoms with Crippen molar-refractivity contribution in [3.05, 3.63) is 0 Å². The first-order valence-corrected chi connectivity index (χ1v) is 8.32. The topological polar surface area (TPSA) is 60.9 Å². The van der Waals surface area contributed by atoms with E-state index in [0.29, 0.717) is 12.6 Å². The maximum absolute atomic E-state index is 12.3. The van der Waals surface area contributed by atoms with Crippen LogP contribution in [0.2, 0.25) is 0 Å². The molecule has 2 saturated heterocycles. The van der Waals surface area contributed by atoms with Gasteiger partial charge in [0.15, 0.2) is 0 Å². The summed E-state index contributed by atoms with van der Waals surface area (Å²) in [6.45, 7) is 5.75. The van der Waals surface area contributed by atoms with Gasteiger partial charge in [-0.15, -0.1) is 0 Å². The third-order valence-corrected chi connectivity index (χ3v) is 6.55. The Morgan fingerprint density at radius 2 is 2.06 bits per heavy atom. The van der Waals surface area contributed by atoms with Crippen LogP contribution in [0.4, 0.5) is 0 Å². The zero-order valence-electron chi connectivity index (χ0n) is 11.2. The highest BCUT2D eigenvalue weighted by Crippen LogP contribution is 2.26. The maximum Gasteiger partial charge on any atom is 0.219 e. The summed E-state index contributed by atoms with van der Waals surface area (Å²) in [5.74, 6) is 0. The molecule has 0 aromatic rings. The molecule has 0 aromatic heterocycles. The Bertz CT molecular complexity index is 385. The molecule has 2 fully saturated rings. The van der Waals surface area contributed by atoms with E-state index in [9.17, 15) is 8.42 Å². The molecule has 2 aliphatic heterocycles. The van der Waals surface area contributed by atoms with Crippen LogP contribution in [0.15, 0.2) is 0 Å². The molecule has 2 heterocycles. The minimum absolute atomic E-state index is 0.0124. The van der Waals surface area contributed by atoms with Crippen molar-refractivity contribution < 1.29 is 13.5 Å². The monoisotopic (exact) mass is 276 g/mol. The zero-order valence-corrected chi connectivity index (χ0v) is 12.1. The van der Waals surface area contributed by atoms with Gasteiger partial charge >= 0.3 is 0 Å². The number of aliphatic hydroxyl groups excluding tert-OH is 1. The third kappa shape index (κ3) is 2.57. The molecule has 3 atom stereocenters. The number of hydrogen-bond acceptors (Lipinski definition) is 4. The molecule has 2 rings (SSSR count). The lowest BCUT2D eigenvalue weighted by atomic mass is 9.99. The maximum atomic E-state index is 12.3. The Morgan fingerprint density at radius 3 is 2.72 bits per heavy atom. The lowest BCUT2D eigenvalue weighted by molar-refractivity contribution is 0.0556. The highest BCUT2D eigenvalue weighted by molar-refractivity contribution is 7.89. The number of sulfonamides is 1. The number of piperazine rings is 1. The molecule has 0 amide bonds. The molecule has 6 heteroatoms. The number of rotatable bonds is 3. The molecule has 2 aliphatic rings. The summed E-state index contributed by atoms with van der Waals surface area (Å²) in [6, 6.07) is 0.383. The van der Waals surface area contributed by atoms with Gasteiger partial charge in [-0.2, -0.15) is 4.31 Å². The van der Waals surface area contributed by atoms with Crippen molar-refractivity contribution in [2.45, 2.75) is 50.4 Å². The van der Waals surface area contributed by atoms with Crippen molar-refractivity contribution >= 4 is 10.0 Å². The number of piperidine rings is 1. The summed E-state index contributed by atoms with van der Waals surface area (Å²) in [5.41, 5.74) is 0. The van der Waals surface area contributed by atoms with Crippen molar-refractivity contribution in [1.82, 2.24) is 9.21 Å². The van der Waals surface area contributed by atoms with Crippen molar-refractivity contribution in [3.8, 4) is 0 Å². The fraction of sp³-hybridized carbons (Fsp3) is 1.00. The first kappa shape index (κ1) is 14.2. The van der Waals surface area contributed by atoms with E-state index < -0.39 is 15.3 Å². The summed E-state index contributed by atoms with van der Waals surface area (Å²) in [5, 5.41) is 8.40. The molecule has 0 aromatic carbocycles. The SMILES string of the molecule is CC1CN2CCCCC2CN1S(=O)(=O)C(C)CO. The fourth-order valence-corrected chi connectivity index (χ4v) is 4.60. The Hall–Kier alpha value is -0.170. The summed E-state index contributed by atoms with van der Waals surface area (Å²) in [6.07, 6.45) is 3.51. The number of hydrogen-bond donors (Lipinski definition) is 1. The van der Waals surface area contributed by atoms with Crippen LogP contribution in [-0.2, 0) is 10.0 Å². The van der Waals surface area contributed by atoms with Crippen LogP contribution in [0, 0.1) is 0 Å². The second-order valence-corrected chi connectivity index (χ2v) is 7.91. The van der Waals surface area contributed by atoms with Crippen LogP contribution in [0.5, 0.6) is 0 Å². The van der Waals surface area contributed by atoms with E-state index in [1.165, 1.54) is 12.8 Å². The summed E-state index contributed by atoms with van der Waals surface area (Å²) in [4.78, 5) is 2.42. The predicted octanol–water partition coefficient (Wildman–Crippen LogP) is 0.256. The Balaban J connectivity index is 2.14. The highest BCUT2D eigenvalue weighted by Gasteiger charge is 2.40. The normalized spacial score (nSPS) is 33.1. The lowest BCUT2D eigenvalue weighted by Crippen LogP contribution is -2.61. The Morgan fingerprint density at radius 1 is 1.33 bits per heavy atom. The van der Waals surface area contributed by atoms with Gasteiger partial charge in [-0.25, -0.2) is 8.42 Å². The van der Waals surface area contributed by atoms with E-state index in [1.807, 2.05) is 6.92 Å². The summed E-state index contributed by atoms with van der Waals surface area (Å²) in [7, 11) is -3.36. The van der Waals surface area contributed by atoms with Crippen LogP contribution in [0.1, 0.15) is 33.1 Å². The average molecular weight is 276 g/mol. The molecule has 0 bridgehead atoms. The van der Waals surface area contributed by atoms with Crippen molar-refractivity contribution in [1.29, 1.82) is 0 Å². The van der Waals surface area contributed by atoms with Gasteiger partial charge in [0.1, 0.15) is 0 Å². The number of aliphatic hydroxyl groups is 1. The van der Waals surface area contributed by atoms with Gasteiger partial charge in [-0.1, -0.05) is 6.42 Å². The number of nitrogens with zero attached hydrogens (tertiary/aromatic N) is 2. The molecule has 3 unspecified atom stereocenters. The quantitative estimate of drug-likeness (QED) is 0.803. The van der Waals surface area contributed by atoms with Crippen LogP contribution in [0.25, 0.3) is 0 Å². The van der Waals surface area contributed by atoms with Crippen LogP contribution < -0.4 is 0 Å². The molecule has 1 N–H and O–H groups in total. The molecule has 0 saturated carbocycles. The number of fused-ring (bicyclic) bond motifs is 1. The van der Waals surface area contributed by atoms with Crippen LogP contribution >= 0.6 is 0 Å². The summed E-state index contributed by atoms with van der Waals surface area (Å²) < 4.78 is 26.3. The van der Waals surface area contributed by atoms with Crippen LogP contribution in [-0.4, -0.2) is 66.3 Å². The molecule has 18 heavy (non-hydrogen) atoms. The average Bonchev–Trinajstić information content (AvgIpc) is 2.36. The molecule has 5 nitrogen and oxygen atoms in total. The van der Waals surface area contributed by atoms with Crippen LogP contribution in [0.3, 0.4) is 0 Å². The first-order valence-electron chi connectivity index (χ1n) is 6.82. The van der Waals surface area contributed by atoms with Gasteiger partial charge in [-0.3, -0.25) is 4.90 Å². The minimum Gasteiger partial charge on any atom is -0.395 e. The van der Waals surface area contributed by atoms with Crippen molar-refractivity contribution in [2.75, 3.05) is 26.2 Å². The van der Waals surface area contributed by atoms with E-state index >= 15 is 0 Å². The van der Waals surface area contributed by atoms with E-state index in [-0.39, 0.29) is 12.6 Å². The molecular formula is C12H24N2O3S. The smallest absolute Gasteiger partial charge is 0.219 e. The largest absolute Gasteiger partial charge is 0.395 e. The van der Waals surface area contributed by atoms with Gasteiger partial charge in [0.05, 0.1) is 11.9 Å². The standard InChI is InChI=1S/C12H24N2O3S/c1-10-7-13-6-4-3-5-12(13)8-14(10)18(16,17)11(2)9-15/h10-12,15H,3-9H2,1-2H3. The predicted molar refractivity (Wildman–Crippen MR) is 70.8 cm³/mol. The second kappa shape index (κ2) is 5.45. The lowest BCUT2D eigenvalue weighted by Gasteiger charge is -2.47. The van der Waals surface area contributed by atoms with E-state index in [0.717, 1.165) is 19.5 Å². The minimum atomic E-state index is -3.36. The molecular weight excluding hydrogens is 252 g/mol. The van der Waals surface area contributed by atoms with Gasteiger partial charge < -0.3 is 5.11 Å². The zero-order chi connectivity index (χ0) is 13.3. The third-order valence-electron chi connectivity index (χ3n) is 4.22. The summed E-state index contributed by atoms with van der Waals surface area (Å²) >= 11 is 0. The highest BCUT2D eigenvalue weighted by atomic mass is 32.2. The molecule has 0 aliphatic carbocycles. The van der Waals surface area contributed by atoms with Crippen molar-refractivity contribution in [2.24, 2.45) is 0 Å². The first-order chi connectivity index (χ1) is 8.46. The van der Waals surface area contributed by atoms with Gasteiger partial charge in [0.2, 0.25) is 10.0 Å². The Labute approximate surface area is 110 Å². The fourth-order valence-electron chi connectivity index (χ4n) is 3.01. The van der Waals surface area contributed by atoms with Gasteiger partial charge in [0.25, 0.3) is 0 Å². The van der Waals surface area contributed by atoms with Gasteiger partial charge in [-0.05, 0) is 33.2 Å². The van der Waals surface area contributed by atoms with E-state index in [2.05, 4.69) is 4.90 Å². The van der Waals surface area contributed by atoms with Gasteiger partial charge in [0, 0.05) is 25.2 Å². The second-order valence-electron chi connectivity index (χ2n) is 5.60. The Kier molecular flexibility index (Phi) is 4.31. The van der Waals surface area contributed by atoms with Crippen molar-refractivity contribution in [3.63, 3.8) is 0 Å². The van der Waals surface area contributed by atoms with E-state index in [4.69, 9.17) is 5.11 Å². The molecule has 0 spiro atoms.